The third-order valence-corrected chi connectivity index (χ3v) is 6.38. The Morgan fingerprint density at radius 2 is 1.70 bits per heavy atom. The fourth-order valence-electron chi connectivity index (χ4n) is 4.91. The SMILES string of the molecule is CCOc1ccc(-c2c(C)c3cc(C(=O)O)ccc3n2C2CCCCCCC2)cc1. The number of aromatic carboxylic acids is 1. The first-order valence-electron chi connectivity index (χ1n) is 11.2. The van der Waals surface area contributed by atoms with Crippen molar-refractivity contribution in [2.45, 2.75) is 64.8 Å². The van der Waals surface area contributed by atoms with Crippen molar-refractivity contribution >= 4 is 16.9 Å². The third-order valence-electron chi connectivity index (χ3n) is 6.38. The monoisotopic (exact) mass is 405 g/mol. The molecule has 1 saturated carbocycles. The standard InChI is InChI=1S/C26H31NO3/c1-3-30-22-14-11-19(12-15-22)25-18(2)23-17-20(26(28)29)13-16-24(23)27(25)21-9-7-5-4-6-8-10-21/h11-17,21H,3-10H2,1-2H3,(H,28,29). The summed E-state index contributed by atoms with van der Waals surface area (Å²) in [6.45, 7) is 4.77. The molecule has 0 radical (unpaired) electrons. The molecule has 1 aromatic heterocycles. The van der Waals surface area contributed by atoms with Gasteiger partial charge in [-0.05, 0) is 80.3 Å². The van der Waals surface area contributed by atoms with Gasteiger partial charge in [0.25, 0.3) is 0 Å². The minimum atomic E-state index is -0.877. The van der Waals surface area contributed by atoms with Crippen molar-refractivity contribution in [1.82, 2.24) is 4.57 Å². The van der Waals surface area contributed by atoms with Gasteiger partial charge in [-0.3, -0.25) is 0 Å². The maximum Gasteiger partial charge on any atom is 0.335 e. The van der Waals surface area contributed by atoms with Crippen LogP contribution in [0.15, 0.2) is 42.5 Å². The van der Waals surface area contributed by atoms with Crippen LogP contribution < -0.4 is 4.74 Å². The fourth-order valence-corrected chi connectivity index (χ4v) is 4.91. The Labute approximate surface area is 178 Å². The van der Waals surface area contributed by atoms with E-state index in [2.05, 4.69) is 23.6 Å². The highest BCUT2D eigenvalue weighted by Gasteiger charge is 2.23. The number of carboxylic acids is 1. The molecular formula is C26H31NO3. The van der Waals surface area contributed by atoms with Gasteiger partial charge in [0.15, 0.2) is 0 Å². The summed E-state index contributed by atoms with van der Waals surface area (Å²) in [5.41, 5.74) is 5.01. The number of rotatable bonds is 5. The number of ether oxygens (including phenoxy) is 1. The lowest BCUT2D eigenvalue weighted by molar-refractivity contribution is 0.0697. The van der Waals surface area contributed by atoms with Gasteiger partial charge in [-0.1, -0.05) is 32.1 Å². The second-order valence-electron chi connectivity index (χ2n) is 8.34. The second-order valence-corrected chi connectivity index (χ2v) is 8.34. The number of benzene rings is 2. The summed E-state index contributed by atoms with van der Waals surface area (Å²) >= 11 is 0. The Hall–Kier alpha value is -2.75. The molecule has 1 N–H and O–H groups in total. The van der Waals surface area contributed by atoms with E-state index in [0.717, 1.165) is 27.8 Å². The lowest BCUT2D eigenvalue weighted by Gasteiger charge is -2.25. The summed E-state index contributed by atoms with van der Waals surface area (Å²) in [7, 11) is 0. The summed E-state index contributed by atoms with van der Waals surface area (Å²) in [6, 6.07) is 14.3. The first-order valence-corrected chi connectivity index (χ1v) is 11.2. The number of carbonyl (C=O) groups is 1. The third kappa shape index (κ3) is 3.96. The molecule has 0 saturated heterocycles. The summed E-state index contributed by atoms with van der Waals surface area (Å²) in [4.78, 5) is 11.6. The number of aromatic nitrogens is 1. The van der Waals surface area contributed by atoms with E-state index in [-0.39, 0.29) is 0 Å². The highest BCUT2D eigenvalue weighted by Crippen LogP contribution is 2.40. The van der Waals surface area contributed by atoms with E-state index < -0.39 is 5.97 Å². The molecular weight excluding hydrogens is 374 g/mol. The van der Waals surface area contributed by atoms with Crippen LogP contribution in [0.1, 0.15) is 73.8 Å². The molecule has 1 aliphatic rings. The van der Waals surface area contributed by atoms with Crippen molar-refractivity contribution in [3.63, 3.8) is 0 Å². The van der Waals surface area contributed by atoms with Gasteiger partial charge in [0, 0.05) is 16.9 Å². The molecule has 0 amide bonds. The Bertz CT molecular complexity index is 1020. The number of fused-ring (bicyclic) bond motifs is 1. The van der Waals surface area contributed by atoms with E-state index in [0.29, 0.717) is 18.2 Å². The second kappa shape index (κ2) is 8.95. The summed E-state index contributed by atoms with van der Waals surface area (Å²) in [6.07, 6.45) is 8.79. The van der Waals surface area contributed by atoms with Gasteiger partial charge in [0.2, 0.25) is 0 Å². The molecule has 30 heavy (non-hydrogen) atoms. The molecule has 0 bridgehead atoms. The van der Waals surface area contributed by atoms with Crippen molar-refractivity contribution in [3.05, 3.63) is 53.6 Å². The summed E-state index contributed by atoms with van der Waals surface area (Å²) < 4.78 is 8.13. The van der Waals surface area contributed by atoms with Crippen LogP contribution in [-0.4, -0.2) is 22.2 Å². The zero-order valence-electron chi connectivity index (χ0n) is 18.0. The van der Waals surface area contributed by atoms with E-state index in [1.165, 1.54) is 50.6 Å². The van der Waals surface area contributed by atoms with Crippen LogP contribution in [-0.2, 0) is 0 Å². The minimum Gasteiger partial charge on any atom is -0.494 e. The van der Waals surface area contributed by atoms with Gasteiger partial charge in [0.05, 0.1) is 17.9 Å². The van der Waals surface area contributed by atoms with Crippen LogP contribution in [0.3, 0.4) is 0 Å². The molecule has 1 heterocycles. The quantitative estimate of drug-likeness (QED) is 0.497. The minimum absolute atomic E-state index is 0.346. The molecule has 4 heteroatoms. The molecule has 4 rings (SSSR count). The number of aryl methyl sites for hydroxylation is 1. The summed E-state index contributed by atoms with van der Waals surface area (Å²) in [5.74, 6) is -0.00157. The van der Waals surface area contributed by atoms with Crippen molar-refractivity contribution in [2.24, 2.45) is 0 Å². The molecule has 4 nitrogen and oxygen atoms in total. The number of hydrogen-bond acceptors (Lipinski definition) is 2. The Morgan fingerprint density at radius 1 is 1.03 bits per heavy atom. The van der Waals surface area contributed by atoms with E-state index in [4.69, 9.17) is 4.74 Å². The van der Waals surface area contributed by atoms with Crippen molar-refractivity contribution < 1.29 is 14.6 Å². The topological polar surface area (TPSA) is 51.5 Å². The van der Waals surface area contributed by atoms with Gasteiger partial charge in [-0.2, -0.15) is 0 Å². The van der Waals surface area contributed by atoms with Crippen LogP contribution in [0.4, 0.5) is 0 Å². The average molecular weight is 406 g/mol. The number of hydrogen-bond donors (Lipinski definition) is 1. The molecule has 0 unspecified atom stereocenters. The predicted molar refractivity (Wildman–Crippen MR) is 122 cm³/mol. The zero-order valence-corrected chi connectivity index (χ0v) is 18.0. The van der Waals surface area contributed by atoms with Gasteiger partial charge in [-0.15, -0.1) is 0 Å². The summed E-state index contributed by atoms with van der Waals surface area (Å²) in [5, 5.41) is 10.5. The van der Waals surface area contributed by atoms with E-state index in [9.17, 15) is 9.90 Å². The van der Waals surface area contributed by atoms with Crippen LogP contribution in [0, 0.1) is 6.92 Å². The van der Waals surface area contributed by atoms with Crippen molar-refractivity contribution in [1.29, 1.82) is 0 Å². The van der Waals surface area contributed by atoms with E-state index in [1.807, 2.05) is 31.2 Å². The normalized spacial score (nSPS) is 15.7. The Balaban J connectivity index is 1.89. The van der Waals surface area contributed by atoms with Crippen LogP contribution in [0.25, 0.3) is 22.2 Å². The fraction of sp³-hybridized carbons (Fsp3) is 0.423. The molecule has 2 aromatic carbocycles. The average Bonchev–Trinajstić information content (AvgIpc) is 3.01. The maximum absolute atomic E-state index is 11.6. The first kappa shape index (κ1) is 20.5. The maximum atomic E-state index is 11.6. The number of nitrogens with zero attached hydrogens (tertiary/aromatic N) is 1. The lowest BCUT2D eigenvalue weighted by Crippen LogP contribution is -2.12. The molecule has 0 aliphatic heterocycles. The van der Waals surface area contributed by atoms with Gasteiger partial charge < -0.3 is 14.4 Å². The Kier molecular flexibility index (Phi) is 6.12. The van der Waals surface area contributed by atoms with Crippen molar-refractivity contribution in [3.8, 4) is 17.0 Å². The highest BCUT2D eigenvalue weighted by atomic mass is 16.5. The van der Waals surface area contributed by atoms with E-state index in [1.54, 1.807) is 6.07 Å². The molecule has 158 valence electrons. The smallest absolute Gasteiger partial charge is 0.335 e. The lowest BCUT2D eigenvalue weighted by atomic mass is 9.96. The van der Waals surface area contributed by atoms with Gasteiger partial charge in [0.1, 0.15) is 5.75 Å². The van der Waals surface area contributed by atoms with E-state index >= 15 is 0 Å². The number of carboxylic acid groups (broad SMARTS) is 1. The molecule has 1 fully saturated rings. The molecule has 0 atom stereocenters. The molecule has 3 aromatic rings. The highest BCUT2D eigenvalue weighted by molar-refractivity contribution is 5.98. The zero-order chi connectivity index (χ0) is 21.1. The Morgan fingerprint density at radius 3 is 2.33 bits per heavy atom. The van der Waals surface area contributed by atoms with Gasteiger partial charge >= 0.3 is 5.97 Å². The van der Waals surface area contributed by atoms with Crippen molar-refractivity contribution in [2.75, 3.05) is 6.61 Å². The molecule has 0 spiro atoms. The largest absolute Gasteiger partial charge is 0.494 e. The molecule has 1 aliphatic carbocycles. The first-order chi connectivity index (χ1) is 14.6. The van der Waals surface area contributed by atoms with Crippen LogP contribution >= 0.6 is 0 Å². The van der Waals surface area contributed by atoms with Crippen LogP contribution in [0.5, 0.6) is 5.75 Å². The predicted octanol–water partition coefficient (Wildman–Crippen LogP) is 7.00. The van der Waals surface area contributed by atoms with Gasteiger partial charge in [-0.25, -0.2) is 4.79 Å². The van der Waals surface area contributed by atoms with Crippen LogP contribution in [0.2, 0.25) is 0 Å².